The number of aromatic nitrogens is 5. The number of rotatable bonds is 5. The van der Waals surface area contributed by atoms with Gasteiger partial charge in [0.15, 0.2) is 5.16 Å². The average molecular weight is 401 g/mol. The SMILES string of the molecule is COc1cccc(C(Sc2nc3ccccc3c3cc(C)nn23)c2ncc[nH]2)c1. The monoisotopic (exact) mass is 401 g/mol. The maximum absolute atomic E-state index is 5.43. The quantitative estimate of drug-likeness (QED) is 0.338. The van der Waals surface area contributed by atoms with Gasteiger partial charge in [-0.2, -0.15) is 5.10 Å². The summed E-state index contributed by atoms with van der Waals surface area (Å²) in [6, 6.07) is 18.3. The second-order valence-corrected chi connectivity index (χ2v) is 7.82. The molecule has 2 aromatic carbocycles. The van der Waals surface area contributed by atoms with Gasteiger partial charge in [-0.05, 0) is 36.8 Å². The standard InChI is InChI=1S/C22H19N5OS/c1-14-12-19-17-8-3-4-9-18(17)25-22(27(19)26-14)29-20(21-23-10-11-24-21)15-6-5-7-16(13-15)28-2/h3-13,20H,1-2H3,(H,23,24). The van der Waals surface area contributed by atoms with E-state index < -0.39 is 0 Å². The van der Waals surface area contributed by atoms with Crippen LogP contribution in [0.5, 0.6) is 5.75 Å². The van der Waals surface area contributed by atoms with Gasteiger partial charge >= 0.3 is 0 Å². The average Bonchev–Trinajstić information content (AvgIpc) is 3.41. The molecule has 0 bridgehead atoms. The number of benzene rings is 2. The molecule has 1 atom stereocenters. The third-order valence-electron chi connectivity index (χ3n) is 4.80. The third kappa shape index (κ3) is 3.23. The molecule has 29 heavy (non-hydrogen) atoms. The molecule has 3 aromatic heterocycles. The van der Waals surface area contributed by atoms with Crippen LogP contribution >= 0.6 is 11.8 Å². The Kier molecular flexibility index (Phi) is 4.44. The van der Waals surface area contributed by atoms with E-state index in [1.54, 1.807) is 25.1 Å². The minimum absolute atomic E-state index is 0.0820. The highest BCUT2D eigenvalue weighted by atomic mass is 32.2. The number of hydrogen-bond donors (Lipinski definition) is 1. The topological polar surface area (TPSA) is 68.1 Å². The van der Waals surface area contributed by atoms with Gasteiger partial charge in [0.25, 0.3) is 0 Å². The fourth-order valence-electron chi connectivity index (χ4n) is 3.46. The largest absolute Gasteiger partial charge is 0.497 e. The summed E-state index contributed by atoms with van der Waals surface area (Å²) in [5, 5.41) is 6.53. The number of thioether (sulfide) groups is 1. The minimum atomic E-state index is -0.0820. The molecule has 0 aliphatic rings. The Morgan fingerprint density at radius 2 is 2.00 bits per heavy atom. The fraction of sp³-hybridized carbons (Fsp3) is 0.136. The molecule has 0 radical (unpaired) electrons. The van der Waals surface area contributed by atoms with E-state index in [0.717, 1.165) is 44.4 Å². The molecule has 0 aliphatic heterocycles. The van der Waals surface area contributed by atoms with Crippen molar-refractivity contribution in [3.05, 3.63) is 84.1 Å². The summed E-state index contributed by atoms with van der Waals surface area (Å²) in [7, 11) is 1.68. The van der Waals surface area contributed by atoms with Gasteiger partial charge in [-0.3, -0.25) is 0 Å². The molecule has 1 N–H and O–H groups in total. The summed E-state index contributed by atoms with van der Waals surface area (Å²) in [4.78, 5) is 12.7. The van der Waals surface area contributed by atoms with E-state index in [-0.39, 0.29) is 5.25 Å². The van der Waals surface area contributed by atoms with Crippen LogP contribution in [0.3, 0.4) is 0 Å². The van der Waals surface area contributed by atoms with Crippen molar-refractivity contribution in [3.8, 4) is 5.75 Å². The Labute approximate surface area is 172 Å². The molecular weight excluding hydrogens is 382 g/mol. The van der Waals surface area contributed by atoms with E-state index in [2.05, 4.69) is 28.2 Å². The highest BCUT2D eigenvalue weighted by Crippen LogP contribution is 2.40. The first-order valence-corrected chi connectivity index (χ1v) is 10.2. The Bertz CT molecular complexity index is 1300. The van der Waals surface area contributed by atoms with Crippen LogP contribution in [0, 0.1) is 6.92 Å². The fourth-order valence-corrected chi connectivity index (χ4v) is 4.59. The molecule has 0 saturated heterocycles. The lowest BCUT2D eigenvalue weighted by Gasteiger charge is -2.16. The lowest BCUT2D eigenvalue weighted by Crippen LogP contribution is -2.04. The molecule has 144 valence electrons. The van der Waals surface area contributed by atoms with Gasteiger partial charge in [0.2, 0.25) is 0 Å². The Morgan fingerprint density at radius 1 is 1.10 bits per heavy atom. The van der Waals surface area contributed by atoms with E-state index in [0.29, 0.717) is 0 Å². The molecule has 0 amide bonds. The first-order valence-electron chi connectivity index (χ1n) is 9.28. The number of hydrogen-bond acceptors (Lipinski definition) is 5. The van der Waals surface area contributed by atoms with Gasteiger partial charge < -0.3 is 9.72 Å². The second-order valence-electron chi connectivity index (χ2n) is 6.74. The van der Waals surface area contributed by atoms with Gasteiger partial charge in [-0.25, -0.2) is 14.5 Å². The predicted octanol–water partition coefficient (Wildman–Crippen LogP) is 4.80. The molecule has 0 spiro atoms. The molecule has 5 rings (SSSR count). The molecule has 6 nitrogen and oxygen atoms in total. The van der Waals surface area contributed by atoms with Crippen LogP contribution in [0.25, 0.3) is 16.4 Å². The summed E-state index contributed by atoms with van der Waals surface area (Å²) in [5.41, 5.74) is 4.04. The first-order chi connectivity index (χ1) is 14.2. The molecular formula is C22H19N5OS. The first kappa shape index (κ1) is 17.8. The smallest absolute Gasteiger partial charge is 0.190 e. The summed E-state index contributed by atoms with van der Waals surface area (Å²) in [6.45, 7) is 2.00. The Morgan fingerprint density at radius 3 is 2.83 bits per heavy atom. The van der Waals surface area contributed by atoms with E-state index in [9.17, 15) is 0 Å². The summed E-state index contributed by atoms with van der Waals surface area (Å²) in [5.74, 6) is 1.67. The van der Waals surface area contributed by atoms with Gasteiger partial charge in [-0.15, -0.1) is 0 Å². The molecule has 0 fully saturated rings. The number of H-pyrrole nitrogens is 1. The Balaban J connectivity index is 1.68. The maximum Gasteiger partial charge on any atom is 0.190 e. The van der Waals surface area contributed by atoms with Crippen LogP contribution in [0.15, 0.2) is 72.1 Å². The van der Waals surface area contributed by atoms with Crippen LogP contribution < -0.4 is 4.74 Å². The lowest BCUT2D eigenvalue weighted by atomic mass is 10.1. The molecule has 3 heterocycles. The summed E-state index contributed by atoms with van der Waals surface area (Å²) >= 11 is 1.62. The van der Waals surface area contributed by atoms with Gasteiger partial charge in [-0.1, -0.05) is 42.1 Å². The molecule has 0 aliphatic carbocycles. The lowest BCUT2D eigenvalue weighted by molar-refractivity contribution is 0.414. The number of ether oxygens (including phenoxy) is 1. The van der Waals surface area contributed by atoms with Crippen molar-refractivity contribution in [1.82, 2.24) is 24.6 Å². The van der Waals surface area contributed by atoms with Gasteiger partial charge in [0.1, 0.15) is 11.6 Å². The van der Waals surface area contributed by atoms with E-state index >= 15 is 0 Å². The van der Waals surface area contributed by atoms with E-state index in [1.807, 2.05) is 54.0 Å². The third-order valence-corrected chi connectivity index (χ3v) is 6.00. The van der Waals surface area contributed by atoms with Crippen LogP contribution in [-0.2, 0) is 0 Å². The predicted molar refractivity (Wildman–Crippen MR) is 115 cm³/mol. The van der Waals surface area contributed by atoms with Crippen LogP contribution in [0.2, 0.25) is 0 Å². The zero-order valence-electron chi connectivity index (χ0n) is 16.0. The number of nitrogens with zero attached hydrogens (tertiary/aromatic N) is 4. The molecule has 7 heteroatoms. The van der Waals surface area contributed by atoms with Crippen LogP contribution in [-0.4, -0.2) is 31.7 Å². The number of imidazole rings is 1. The number of methoxy groups -OCH3 is 1. The van der Waals surface area contributed by atoms with E-state index in [1.165, 1.54) is 0 Å². The van der Waals surface area contributed by atoms with Gasteiger partial charge in [0.05, 0.1) is 29.1 Å². The highest BCUT2D eigenvalue weighted by molar-refractivity contribution is 7.99. The van der Waals surface area contributed by atoms with Crippen LogP contribution in [0.4, 0.5) is 0 Å². The summed E-state index contributed by atoms with van der Waals surface area (Å²) < 4.78 is 7.36. The minimum Gasteiger partial charge on any atom is -0.497 e. The highest BCUT2D eigenvalue weighted by Gasteiger charge is 2.22. The molecule has 5 aromatic rings. The number of fused-ring (bicyclic) bond motifs is 3. The maximum atomic E-state index is 5.43. The molecule has 0 saturated carbocycles. The second kappa shape index (κ2) is 7.25. The van der Waals surface area contributed by atoms with Crippen molar-refractivity contribution in [1.29, 1.82) is 0 Å². The van der Waals surface area contributed by atoms with Crippen molar-refractivity contribution < 1.29 is 4.74 Å². The van der Waals surface area contributed by atoms with Crippen molar-refractivity contribution in [2.75, 3.05) is 7.11 Å². The van der Waals surface area contributed by atoms with E-state index in [4.69, 9.17) is 14.8 Å². The van der Waals surface area contributed by atoms with Crippen molar-refractivity contribution in [3.63, 3.8) is 0 Å². The summed E-state index contributed by atoms with van der Waals surface area (Å²) in [6.07, 6.45) is 3.61. The normalized spacial score (nSPS) is 12.5. The van der Waals surface area contributed by atoms with Gasteiger partial charge in [0, 0.05) is 17.8 Å². The number of nitrogens with one attached hydrogen (secondary N) is 1. The molecule has 1 unspecified atom stereocenters. The number of aromatic amines is 1. The Hall–Kier alpha value is -3.32. The van der Waals surface area contributed by atoms with Crippen molar-refractivity contribution >= 4 is 28.2 Å². The zero-order valence-corrected chi connectivity index (χ0v) is 16.9. The number of aryl methyl sites for hydroxylation is 1. The number of para-hydroxylation sites is 1. The van der Waals surface area contributed by atoms with Crippen molar-refractivity contribution in [2.45, 2.75) is 17.3 Å². The van der Waals surface area contributed by atoms with Crippen LogP contribution in [0.1, 0.15) is 22.3 Å². The zero-order chi connectivity index (χ0) is 19.8. The van der Waals surface area contributed by atoms with Crippen molar-refractivity contribution in [2.24, 2.45) is 0 Å².